The normalized spacial score (nSPS) is 12.5. The summed E-state index contributed by atoms with van der Waals surface area (Å²) in [4.78, 5) is 8.66. The second-order valence-corrected chi connectivity index (χ2v) is 5.26. The first-order valence-corrected chi connectivity index (χ1v) is 6.93. The highest BCUT2D eigenvalue weighted by Gasteiger charge is 2.15. The van der Waals surface area contributed by atoms with Crippen molar-refractivity contribution in [2.24, 2.45) is 5.84 Å². The maximum atomic E-state index is 5.81. The second kappa shape index (κ2) is 5.60. The summed E-state index contributed by atoms with van der Waals surface area (Å²) in [5.41, 5.74) is 9.38. The molecule has 3 aromatic rings. The van der Waals surface area contributed by atoms with Crippen LogP contribution in [0.2, 0.25) is 0 Å². The molecule has 1 atom stereocenters. The Morgan fingerprint density at radius 3 is 2.48 bits per heavy atom. The van der Waals surface area contributed by atoms with Gasteiger partial charge in [0, 0.05) is 12.4 Å². The number of hydrogen-bond donors (Lipinski definition) is 2. The molecule has 106 valence electrons. The average molecular weight is 278 g/mol. The van der Waals surface area contributed by atoms with Gasteiger partial charge in [-0.25, -0.2) is 5.43 Å². The Balaban J connectivity index is 2.11. The summed E-state index contributed by atoms with van der Waals surface area (Å²) in [6, 6.07) is 12.4. The number of hydrogen-bond acceptors (Lipinski definition) is 4. The van der Waals surface area contributed by atoms with Gasteiger partial charge in [-0.2, -0.15) is 0 Å². The summed E-state index contributed by atoms with van der Waals surface area (Å²) in [5.74, 6) is 5.81. The molecule has 3 rings (SSSR count). The van der Waals surface area contributed by atoms with Gasteiger partial charge in [0.05, 0.1) is 17.1 Å². The van der Waals surface area contributed by atoms with Gasteiger partial charge in [0.15, 0.2) is 0 Å². The van der Waals surface area contributed by atoms with E-state index in [1.807, 2.05) is 18.2 Å². The highest BCUT2D eigenvalue weighted by atomic mass is 15.2. The molecule has 0 spiro atoms. The van der Waals surface area contributed by atoms with Crippen LogP contribution in [-0.4, -0.2) is 9.97 Å². The van der Waals surface area contributed by atoms with Gasteiger partial charge >= 0.3 is 0 Å². The molecule has 0 radical (unpaired) electrons. The molecule has 3 N–H and O–H groups in total. The van der Waals surface area contributed by atoms with Gasteiger partial charge in [-0.3, -0.25) is 15.8 Å². The maximum absolute atomic E-state index is 5.81. The van der Waals surface area contributed by atoms with Crippen LogP contribution in [0, 0.1) is 13.8 Å². The molecular formula is C17H18N4. The Morgan fingerprint density at radius 2 is 1.71 bits per heavy atom. The summed E-state index contributed by atoms with van der Waals surface area (Å²) < 4.78 is 0. The van der Waals surface area contributed by atoms with E-state index in [0.717, 1.165) is 16.6 Å². The van der Waals surface area contributed by atoms with Gasteiger partial charge in [-0.1, -0.05) is 29.8 Å². The number of aromatic nitrogens is 2. The van der Waals surface area contributed by atoms with E-state index in [1.165, 1.54) is 16.7 Å². The van der Waals surface area contributed by atoms with Gasteiger partial charge in [0.2, 0.25) is 0 Å². The van der Waals surface area contributed by atoms with E-state index in [1.54, 1.807) is 12.4 Å². The van der Waals surface area contributed by atoms with Crippen LogP contribution in [0.4, 0.5) is 0 Å². The second-order valence-electron chi connectivity index (χ2n) is 5.26. The summed E-state index contributed by atoms with van der Waals surface area (Å²) in [6.45, 7) is 4.18. The van der Waals surface area contributed by atoms with Crippen LogP contribution in [0.25, 0.3) is 11.0 Å². The molecule has 0 saturated carbocycles. The fourth-order valence-corrected chi connectivity index (χ4v) is 2.60. The maximum Gasteiger partial charge on any atom is 0.0890 e. The zero-order valence-corrected chi connectivity index (χ0v) is 12.2. The van der Waals surface area contributed by atoms with E-state index in [0.29, 0.717) is 0 Å². The van der Waals surface area contributed by atoms with E-state index in [-0.39, 0.29) is 6.04 Å². The van der Waals surface area contributed by atoms with Crippen molar-refractivity contribution in [1.82, 2.24) is 15.4 Å². The highest BCUT2D eigenvalue weighted by Crippen LogP contribution is 2.26. The number of hydrazine groups is 1. The molecule has 4 heteroatoms. The Bertz CT molecular complexity index is 783. The van der Waals surface area contributed by atoms with Crippen LogP contribution >= 0.6 is 0 Å². The zero-order chi connectivity index (χ0) is 14.8. The van der Waals surface area contributed by atoms with E-state index in [2.05, 4.69) is 47.4 Å². The van der Waals surface area contributed by atoms with E-state index in [4.69, 9.17) is 5.84 Å². The summed E-state index contributed by atoms with van der Waals surface area (Å²) in [6.07, 6.45) is 3.40. The third-order valence-electron chi connectivity index (χ3n) is 3.74. The van der Waals surface area contributed by atoms with E-state index >= 15 is 0 Å². The van der Waals surface area contributed by atoms with E-state index < -0.39 is 0 Å². The van der Waals surface area contributed by atoms with Crippen molar-refractivity contribution in [3.8, 4) is 0 Å². The summed E-state index contributed by atoms with van der Waals surface area (Å²) in [5, 5.41) is 0. The monoisotopic (exact) mass is 278 g/mol. The number of nitrogens with zero attached hydrogens (tertiary/aromatic N) is 2. The average Bonchev–Trinajstić information content (AvgIpc) is 2.51. The summed E-state index contributed by atoms with van der Waals surface area (Å²) in [7, 11) is 0. The summed E-state index contributed by atoms with van der Waals surface area (Å²) >= 11 is 0. The first kappa shape index (κ1) is 13.7. The van der Waals surface area contributed by atoms with Crippen molar-refractivity contribution in [3.05, 3.63) is 71.0 Å². The van der Waals surface area contributed by atoms with Crippen LogP contribution in [0.3, 0.4) is 0 Å². The molecule has 0 amide bonds. The van der Waals surface area contributed by atoms with Gasteiger partial charge in [-0.05, 0) is 42.7 Å². The molecule has 0 bridgehead atoms. The third kappa shape index (κ3) is 2.63. The fourth-order valence-electron chi connectivity index (χ4n) is 2.60. The molecule has 0 saturated heterocycles. The number of aryl methyl sites for hydroxylation is 2. The molecule has 1 heterocycles. The Hall–Kier alpha value is -2.30. The molecule has 2 aromatic carbocycles. The zero-order valence-electron chi connectivity index (χ0n) is 12.2. The Kier molecular flexibility index (Phi) is 3.64. The van der Waals surface area contributed by atoms with Crippen LogP contribution in [0.5, 0.6) is 0 Å². The lowest BCUT2D eigenvalue weighted by molar-refractivity contribution is 0.634. The fraction of sp³-hybridized carbons (Fsp3) is 0.176. The van der Waals surface area contributed by atoms with Crippen molar-refractivity contribution in [2.75, 3.05) is 0 Å². The van der Waals surface area contributed by atoms with Crippen molar-refractivity contribution >= 4 is 11.0 Å². The van der Waals surface area contributed by atoms with E-state index in [9.17, 15) is 0 Å². The van der Waals surface area contributed by atoms with Crippen molar-refractivity contribution in [3.63, 3.8) is 0 Å². The molecule has 4 nitrogen and oxygen atoms in total. The standard InChI is InChI=1S/C17H18N4/c1-11-3-4-12(2)14(9-11)17(21-18)13-5-6-15-16(10-13)20-8-7-19-15/h3-10,17,21H,18H2,1-2H3. The molecule has 0 aliphatic heterocycles. The van der Waals surface area contributed by atoms with Crippen LogP contribution < -0.4 is 11.3 Å². The highest BCUT2D eigenvalue weighted by molar-refractivity contribution is 5.74. The number of nitrogens with two attached hydrogens (primary N) is 1. The first-order valence-electron chi connectivity index (χ1n) is 6.93. The Morgan fingerprint density at radius 1 is 0.952 bits per heavy atom. The van der Waals surface area contributed by atoms with Gasteiger partial charge < -0.3 is 0 Å². The quantitative estimate of drug-likeness (QED) is 0.571. The third-order valence-corrected chi connectivity index (χ3v) is 3.74. The smallest absolute Gasteiger partial charge is 0.0890 e. The number of benzene rings is 2. The topological polar surface area (TPSA) is 63.8 Å². The van der Waals surface area contributed by atoms with Crippen LogP contribution in [0.15, 0.2) is 48.8 Å². The molecule has 0 fully saturated rings. The minimum absolute atomic E-state index is 0.0590. The molecule has 21 heavy (non-hydrogen) atoms. The predicted molar refractivity (Wildman–Crippen MR) is 84.6 cm³/mol. The van der Waals surface area contributed by atoms with Crippen LogP contribution in [-0.2, 0) is 0 Å². The minimum atomic E-state index is -0.0590. The predicted octanol–water partition coefficient (Wildman–Crippen LogP) is 2.80. The van der Waals surface area contributed by atoms with Gasteiger partial charge in [-0.15, -0.1) is 0 Å². The Labute approximate surface area is 124 Å². The molecule has 1 aromatic heterocycles. The molecule has 0 aliphatic rings. The van der Waals surface area contributed by atoms with Crippen LogP contribution in [0.1, 0.15) is 28.3 Å². The largest absolute Gasteiger partial charge is 0.271 e. The number of nitrogens with one attached hydrogen (secondary N) is 1. The van der Waals surface area contributed by atoms with Crippen molar-refractivity contribution in [2.45, 2.75) is 19.9 Å². The van der Waals surface area contributed by atoms with Crippen molar-refractivity contribution < 1.29 is 0 Å². The first-order chi connectivity index (χ1) is 10.2. The lowest BCUT2D eigenvalue weighted by atomic mass is 9.94. The molecular weight excluding hydrogens is 260 g/mol. The van der Waals surface area contributed by atoms with Crippen molar-refractivity contribution in [1.29, 1.82) is 0 Å². The molecule has 1 unspecified atom stereocenters. The lowest BCUT2D eigenvalue weighted by Gasteiger charge is -2.20. The number of fused-ring (bicyclic) bond motifs is 1. The van der Waals surface area contributed by atoms with Gasteiger partial charge in [0.1, 0.15) is 0 Å². The molecule has 0 aliphatic carbocycles. The lowest BCUT2D eigenvalue weighted by Crippen LogP contribution is -2.29. The SMILES string of the molecule is Cc1ccc(C)c(C(NN)c2ccc3nccnc3c2)c1. The number of rotatable bonds is 3. The van der Waals surface area contributed by atoms with Gasteiger partial charge in [0.25, 0.3) is 0 Å². The minimum Gasteiger partial charge on any atom is -0.271 e.